The minimum Gasteiger partial charge on any atom is -0.494 e. The number of amides is 1. The van der Waals surface area contributed by atoms with Crippen molar-refractivity contribution in [1.29, 1.82) is 0 Å². The van der Waals surface area contributed by atoms with Crippen LogP contribution < -0.4 is 15.0 Å². The molecule has 0 aliphatic carbocycles. The number of benzene rings is 2. The number of anilines is 2. The molecule has 0 saturated carbocycles. The predicted octanol–water partition coefficient (Wildman–Crippen LogP) is 4.55. The fourth-order valence-electron chi connectivity index (χ4n) is 3.13. The van der Waals surface area contributed by atoms with Gasteiger partial charge in [-0.2, -0.15) is 4.98 Å². The average Bonchev–Trinajstić information content (AvgIpc) is 3.24. The quantitative estimate of drug-likeness (QED) is 0.530. The number of rotatable bonds is 10. The van der Waals surface area contributed by atoms with Crippen LogP contribution in [0.2, 0.25) is 0 Å². The van der Waals surface area contributed by atoms with Gasteiger partial charge in [-0.05, 0) is 69.3 Å². The Hall–Kier alpha value is -3.35. The molecule has 2 aromatic carbocycles. The van der Waals surface area contributed by atoms with E-state index in [0.717, 1.165) is 35.8 Å². The molecule has 0 atom stereocenters. The minimum atomic E-state index is -0.0913. The van der Waals surface area contributed by atoms with E-state index in [0.29, 0.717) is 24.7 Å². The number of carbonyl (C=O) groups is 1. The summed E-state index contributed by atoms with van der Waals surface area (Å²) in [4.78, 5) is 18.9. The molecule has 7 nitrogen and oxygen atoms in total. The lowest BCUT2D eigenvalue weighted by Crippen LogP contribution is -2.21. The van der Waals surface area contributed by atoms with Gasteiger partial charge >= 0.3 is 0 Å². The van der Waals surface area contributed by atoms with Gasteiger partial charge in [-0.25, -0.2) is 0 Å². The van der Waals surface area contributed by atoms with Gasteiger partial charge in [0.2, 0.25) is 17.6 Å². The lowest BCUT2D eigenvalue weighted by Gasteiger charge is -2.21. The van der Waals surface area contributed by atoms with Crippen LogP contribution in [0.4, 0.5) is 11.4 Å². The Morgan fingerprint density at radius 2 is 1.73 bits per heavy atom. The largest absolute Gasteiger partial charge is 0.494 e. The number of hydrogen-bond acceptors (Lipinski definition) is 6. The second kappa shape index (κ2) is 10.4. The maximum Gasteiger partial charge on any atom is 0.227 e. The number of hydrogen-bond donors (Lipinski definition) is 1. The number of aromatic nitrogens is 2. The molecule has 3 aromatic rings. The van der Waals surface area contributed by atoms with E-state index in [9.17, 15) is 4.79 Å². The molecule has 0 saturated heterocycles. The van der Waals surface area contributed by atoms with E-state index >= 15 is 0 Å². The number of nitrogens with one attached hydrogen (secondary N) is 1. The first-order valence-corrected chi connectivity index (χ1v) is 10.3. The van der Waals surface area contributed by atoms with Gasteiger partial charge in [0.1, 0.15) is 5.75 Å². The average molecular weight is 409 g/mol. The second-order valence-electron chi connectivity index (χ2n) is 6.74. The second-order valence-corrected chi connectivity index (χ2v) is 6.74. The third kappa shape index (κ3) is 5.59. The third-order valence-electron chi connectivity index (χ3n) is 4.74. The Morgan fingerprint density at radius 3 is 2.37 bits per heavy atom. The van der Waals surface area contributed by atoms with Crippen molar-refractivity contribution in [3.05, 3.63) is 54.4 Å². The zero-order chi connectivity index (χ0) is 21.3. The number of ether oxygens (including phenoxy) is 1. The maximum absolute atomic E-state index is 12.3. The van der Waals surface area contributed by atoms with Crippen LogP contribution in [0, 0.1) is 0 Å². The standard InChI is InChI=1S/C23H28N4O3/c1-4-27(5-2)19-11-9-18(10-12-19)24-21(28)15-16-22-25-23(26-30-22)17-7-13-20(14-8-17)29-6-3/h7-14H,4-6,15-16H2,1-3H3,(H,24,28). The van der Waals surface area contributed by atoms with E-state index in [1.54, 1.807) is 0 Å². The molecule has 0 unspecified atom stereocenters. The molecule has 30 heavy (non-hydrogen) atoms. The van der Waals surface area contributed by atoms with Crippen LogP contribution in [0.1, 0.15) is 33.1 Å². The normalized spacial score (nSPS) is 10.6. The fourth-order valence-corrected chi connectivity index (χ4v) is 3.13. The van der Waals surface area contributed by atoms with Crippen LogP contribution in [-0.4, -0.2) is 35.7 Å². The Balaban J connectivity index is 1.51. The van der Waals surface area contributed by atoms with Gasteiger partial charge in [-0.1, -0.05) is 5.16 Å². The van der Waals surface area contributed by atoms with Crippen molar-refractivity contribution in [3.63, 3.8) is 0 Å². The van der Waals surface area contributed by atoms with Gasteiger partial charge in [0.05, 0.1) is 6.61 Å². The van der Waals surface area contributed by atoms with Gasteiger partial charge in [0.15, 0.2) is 0 Å². The van der Waals surface area contributed by atoms with Crippen LogP contribution in [-0.2, 0) is 11.2 Å². The summed E-state index contributed by atoms with van der Waals surface area (Å²) in [6.07, 6.45) is 0.649. The summed E-state index contributed by atoms with van der Waals surface area (Å²) in [6, 6.07) is 15.4. The summed E-state index contributed by atoms with van der Waals surface area (Å²) in [5.74, 6) is 1.64. The molecule has 1 N–H and O–H groups in total. The van der Waals surface area contributed by atoms with Gasteiger partial charge in [0.25, 0.3) is 0 Å². The Kier molecular flexibility index (Phi) is 7.43. The summed E-state index contributed by atoms with van der Waals surface area (Å²) in [5, 5.41) is 6.91. The van der Waals surface area contributed by atoms with Crippen molar-refractivity contribution in [2.75, 3.05) is 29.9 Å². The van der Waals surface area contributed by atoms with Gasteiger partial charge in [-0.3, -0.25) is 4.79 Å². The zero-order valence-corrected chi connectivity index (χ0v) is 17.7. The molecule has 0 spiro atoms. The molecule has 1 heterocycles. The van der Waals surface area contributed by atoms with Crippen molar-refractivity contribution in [1.82, 2.24) is 10.1 Å². The predicted molar refractivity (Wildman–Crippen MR) is 118 cm³/mol. The summed E-state index contributed by atoms with van der Waals surface area (Å²) in [6.45, 7) is 8.71. The van der Waals surface area contributed by atoms with Crippen LogP contribution in [0.15, 0.2) is 53.1 Å². The van der Waals surface area contributed by atoms with Crippen molar-refractivity contribution >= 4 is 17.3 Å². The highest BCUT2D eigenvalue weighted by atomic mass is 16.5. The summed E-state index contributed by atoms with van der Waals surface area (Å²) in [7, 11) is 0. The molecule has 0 aliphatic rings. The lowest BCUT2D eigenvalue weighted by atomic mass is 10.2. The monoisotopic (exact) mass is 408 g/mol. The molecule has 7 heteroatoms. The Morgan fingerprint density at radius 1 is 1.03 bits per heavy atom. The van der Waals surface area contributed by atoms with Crippen molar-refractivity contribution in [2.45, 2.75) is 33.6 Å². The van der Waals surface area contributed by atoms with Gasteiger partial charge in [-0.15, -0.1) is 0 Å². The Bertz CT molecular complexity index is 932. The highest BCUT2D eigenvalue weighted by Crippen LogP contribution is 2.21. The molecular formula is C23H28N4O3. The SMILES string of the molecule is CCOc1ccc(-c2noc(CCC(=O)Nc3ccc(N(CC)CC)cc3)n2)cc1. The smallest absolute Gasteiger partial charge is 0.227 e. The summed E-state index contributed by atoms with van der Waals surface area (Å²) >= 11 is 0. The van der Waals surface area contributed by atoms with Crippen molar-refractivity contribution in [2.24, 2.45) is 0 Å². The first-order chi connectivity index (χ1) is 14.6. The first-order valence-electron chi connectivity index (χ1n) is 10.3. The lowest BCUT2D eigenvalue weighted by molar-refractivity contribution is -0.116. The van der Waals surface area contributed by atoms with Gasteiger partial charge in [0, 0.05) is 42.9 Å². The summed E-state index contributed by atoms with van der Waals surface area (Å²) in [5.41, 5.74) is 2.76. The zero-order valence-electron chi connectivity index (χ0n) is 17.7. The van der Waals surface area contributed by atoms with E-state index in [2.05, 4.69) is 34.2 Å². The topological polar surface area (TPSA) is 80.5 Å². The van der Waals surface area contributed by atoms with E-state index < -0.39 is 0 Å². The van der Waals surface area contributed by atoms with E-state index in [1.807, 2.05) is 55.5 Å². The third-order valence-corrected chi connectivity index (χ3v) is 4.74. The highest BCUT2D eigenvalue weighted by molar-refractivity contribution is 5.90. The van der Waals surface area contributed by atoms with Crippen LogP contribution in [0.25, 0.3) is 11.4 Å². The molecule has 3 rings (SSSR count). The van der Waals surface area contributed by atoms with E-state index in [4.69, 9.17) is 9.26 Å². The fraction of sp³-hybridized carbons (Fsp3) is 0.348. The molecule has 0 aliphatic heterocycles. The molecule has 1 aromatic heterocycles. The molecule has 0 bridgehead atoms. The van der Waals surface area contributed by atoms with Crippen LogP contribution >= 0.6 is 0 Å². The molecular weight excluding hydrogens is 380 g/mol. The van der Waals surface area contributed by atoms with E-state index in [1.165, 1.54) is 0 Å². The van der Waals surface area contributed by atoms with Crippen molar-refractivity contribution in [3.8, 4) is 17.1 Å². The molecule has 0 radical (unpaired) electrons. The maximum atomic E-state index is 12.3. The number of aryl methyl sites for hydroxylation is 1. The van der Waals surface area contributed by atoms with Crippen LogP contribution in [0.3, 0.4) is 0 Å². The van der Waals surface area contributed by atoms with Crippen LogP contribution in [0.5, 0.6) is 5.75 Å². The Labute approximate surface area is 177 Å². The first kappa shape index (κ1) is 21.4. The van der Waals surface area contributed by atoms with E-state index in [-0.39, 0.29) is 12.3 Å². The number of nitrogens with zero attached hydrogens (tertiary/aromatic N) is 3. The minimum absolute atomic E-state index is 0.0913. The molecule has 158 valence electrons. The van der Waals surface area contributed by atoms with Gasteiger partial charge < -0.3 is 19.5 Å². The van der Waals surface area contributed by atoms with Crippen molar-refractivity contribution < 1.29 is 14.1 Å². The molecule has 0 fully saturated rings. The molecule has 1 amide bonds. The highest BCUT2D eigenvalue weighted by Gasteiger charge is 2.11. The number of carbonyl (C=O) groups excluding carboxylic acids is 1. The summed E-state index contributed by atoms with van der Waals surface area (Å²) < 4.78 is 10.7.